The van der Waals surface area contributed by atoms with Crippen molar-refractivity contribution in [2.24, 2.45) is 0 Å². The van der Waals surface area contributed by atoms with E-state index < -0.39 is 12.2 Å². The van der Waals surface area contributed by atoms with E-state index in [2.05, 4.69) is 5.32 Å². The molecule has 0 spiro atoms. The number of carbonyl (C=O) groups is 1. The van der Waals surface area contributed by atoms with E-state index in [1.165, 1.54) is 12.1 Å². The summed E-state index contributed by atoms with van der Waals surface area (Å²) in [4.78, 5) is 13.6. The predicted octanol–water partition coefficient (Wildman–Crippen LogP) is 2.89. The van der Waals surface area contributed by atoms with Crippen LogP contribution in [0.5, 0.6) is 0 Å². The zero-order chi connectivity index (χ0) is 15.3. The lowest BCUT2D eigenvalue weighted by Crippen LogP contribution is -2.44. The van der Waals surface area contributed by atoms with Gasteiger partial charge in [-0.2, -0.15) is 13.2 Å². The molecule has 1 aliphatic rings. The number of halogens is 3. The van der Waals surface area contributed by atoms with Crippen molar-refractivity contribution in [2.45, 2.75) is 31.5 Å². The predicted molar refractivity (Wildman–Crippen MR) is 73.7 cm³/mol. The highest BCUT2D eigenvalue weighted by Gasteiger charge is 2.40. The van der Waals surface area contributed by atoms with Crippen LogP contribution in [0.15, 0.2) is 30.3 Å². The van der Waals surface area contributed by atoms with Crippen molar-refractivity contribution in [2.75, 3.05) is 19.6 Å². The molecule has 1 saturated heterocycles. The van der Waals surface area contributed by atoms with Crippen LogP contribution in [-0.4, -0.2) is 36.6 Å². The molecule has 2 rings (SSSR count). The van der Waals surface area contributed by atoms with Crippen molar-refractivity contribution in [1.82, 2.24) is 10.2 Å². The second-order valence-electron chi connectivity index (χ2n) is 5.21. The Labute approximate surface area is 122 Å². The average molecular weight is 300 g/mol. The first kappa shape index (κ1) is 15.8. The molecular formula is C15H19F3N2O. The molecule has 3 nitrogen and oxygen atoms in total. The largest absolute Gasteiger partial charge is 0.407 e. The molecular weight excluding hydrogens is 281 g/mol. The van der Waals surface area contributed by atoms with Gasteiger partial charge in [0.25, 0.3) is 0 Å². The van der Waals surface area contributed by atoms with Gasteiger partial charge in [-0.15, -0.1) is 0 Å². The van der Waals surface area contributed by atoms with Gasteiger partial charge in [0, 0.05) is 13.1 Å². The number of amides is 1. The maximum atomic E-state index is 13.1. The third kappa shape index (κ3) is 4.46. The van der Waals surface area contributed by atoms with E-state index in [0.29, 0.717) is 13.1 Å². The molecule has 1 fully saturated rings. The molecule has 1 aromatic rings. The zero-order valence-corrected chi connectivity index (χ0v) is 11.7. The molecule has 21 heavy (non-hydrogen) atoms. The van der Waals surface area contributed by atoms with Crippen LogP contribution in [0.2, 0.25) is 0 Å². The molecule has 1 amide bonds. The van der Waals surface area contributed by atoms with Crippen LogP contribution in [-0.2, 0) is 4.79 Å². The van der Waals surface area contributed by atoms with Crippen molar-refractivity contribution in [1.29, 1.82) is 0 Å². The second kappa shape index (κ2) is 6.93. The van der Waals surface area contributed by atoms with Gasteiger partial charge in [-0.1, -0.05) is 30.3 Å². The molecule has 0 aromatic heterocycles. The van der Waals surface area contributed by atoms with Crippen molar-refractivity contribution in [3.05, 3.63) is 35.9 Å². The summed E-state index contributed by atoms with van der Waals surface area (Å²) < 4.78 is 39.3. The van der Waals surface area contributed by atoms with Crippen LogP contribution in [0.4, 0.5) is 13.2 Å². The first-order valence-corrected chi connectivity index (χ1v) is 7.11. The van der Waals surface area contributed by atoms with E-state index in [9.17, 15) is 18.0 Å². The van der Waals surface area contributed by atoms with Crippen LogP contribution < -0.4 is 5.32 Å². The number of hydrogen-bond donors (Lipinski definition) is 1. The first-order valence-electron chi connectivity index (χ1n) is 7.11. The lowest BCUT2D eigenvalue weighted by Gasteiger charge is -2.28. The lowest BCUT2D eigenvalue weighted by atomic mass is 10.1. The number of nitrogens with one attached hydrogen (secondary N) is 1. The normalized spacial score (nSPS) is 17.6. The molecule has 6 heteroatoms. The monoisotopic (exact) mass is 300 g/mol. The molecule has 0 saturated carbocycles. The van der Waals surface area contributed by atoms with Gasteiger partial charge in [-0.05, 0) is 24.8 Å². The van der Waals surface area contributed by atoms with Crippen LogP contribution in [0.25, 0.3) is 0 Å². The summed E-state index contributed by atoms with van der Waals surface area (Å²) >= 11 is 0. The van der Waals surface area contributed by atoms with Crippen LogP contribution >= 0.6 is 0 Å². The fourth-order valence-electron chi connectivity index (χ4n) is 2.51. The number of piperidine rings is 1. The Kier molecular flexibility index (Phi) is 5.22. The smallest absolute Gasteiger partial charge is 0.342 e. The van der Waals surface area contributed by atoms with Gasteiger partial charge < -0.3 is 4.90 Å². The van der Waals surface area contributed by atoms with Gasteiger partial charge in [0.15, 0.2) is 0 Å². The summed E-state index contributed by atoms with van der Waals surface area (Å²) in [6.45, 7) is 0.990. The Morgan fingerprint density at radius 2 is 1.76 bits per heavy atom. The number of benzene rings is 1. The zero-order valence-electron chi connectivity index (χ0n) is 11.7. The fourth-order valence-corrected chi connectivity index (χ4v) is 2.51. The topological polar surface area (TPSA) is 32.3 Å². The van der Waals surface area contributed by atoms with Gasteiger partial charge in [0.2, 0.25) is 5.91 Å². The highest BCUT2D eigenvalue weighted by atomic mass is 19.4. The molecule has 116 valence electrons. The Morgan fingerprint density at radius 1 is 1.14 bits per heavy atom. The SMILES string of the molecule is O=C(CNC(c1ccccc1)C(F)(F)F)N1CCCCC1. The van der Waals surface area contributed by atoms with Gasteiger partial charge in [-0.25, -0.2) is 0 Å². The number of alkyl halides is 3. The Bertz CT molecular complexity index is 456. The third-order valence-electron chi connectivity index (χ3n) is 3.63. The number of hydrogen-bond acceptors (Lipinski definition) is 2. The molecule has 0 aliphatic carbocycles. The standard InChI is InChI=1S/C15H19F3N2O/c16-15(17,18)14(12-7-3-1-4-8-12)19-11-13(21)20-9-5-2-6-10-20/h1,3-4,7-8,14,19H,2,5-6,9-11H2. The van der Waals surface area contributed by atoms with E-state index >= 15 is 0 Å². The van der Waals surface area contributed by atoms with Gasteiger partial charge in [-0.3, -0.25) is 10.1 Å². The minimum absolute atomic E-state index is 0.122. The van der Waals surface area contributed by atoms with Crippen LogP contribution in [0.3, 0.4) is 0 Å². The maximum absolute atomic E-state index is 13.1. The van der Waals surface area contributed by atoms with Crippen molar-refractivity contribution >= 4 is 5.91 Å². The number of rotatable bonds is 4. The molecule has 1 unspecified atom stereocenters. The van der Waals surface area contributed by atoms with Crippen LogP contribution in [0.1, 0.15) is 30.9 Å². The second-order valence-corrected chi connectivity index (χ2v) is 5.21. The van der Waals surface area contributed by atoms with Crippen molar-refractivity contribution in [3.63, 3.8) is 0 Å². The van der Waals surface area contributed by atoms with E-state index in [1.54, 1.807) is 23.1 Å². The van der Waals surface area contributed by atoms with Crippen molar-refractivity contribution in [3.8, 4) is 0 Å². The van der Waals surface area contributed by atoms with E-state index in [4.69, 9.17) is 0 Å². The molecule has 1 aromatic carbocycles. The molecule has 1 N–H and O–H groups in total. The Morgan fingerprint density at radius 3 is 2.33 bits per heavy atom. The molecule has 1 heterocycles. The number of carbonyl (C=O) groups excluding carboxylic acids is 1. The molecule has 1 aliphatic heterocycles. The minimum Gasteiger partial charge on any atom is -0.342 e. The Balaban J connectivity index is 1.98. The molecule has 0 radical (unpaired) electrons. The van der Waals surface area contributed by atoms with Gasteiger partial charge in [0.1, 0.15) is 6.04 Å². The first-order chi connectivity index (χ1) is 9.98. The van der Waals surface area contributed by atoms with E-state index in [0.717, 1.165) is 19.3 Å². The van der Waals surface area contributed by atoms with E-state index in [1.807, 2.05) is 0 Å². The van der Waals surface area contributed by atoms with Crippen molar-refractivity contribution < 1.29 is 18.0 Å². The maximum Gasteiger partial charge on any atom is 0.407 e. The van der Waals surface area contributed by atoms with Gasteiger partial charge >= 0.3 is 6.18 Å². The number of nitrogens with zero attached hydrogens (tertiary/aromatic N) is 1. The average Bonchev–Trinajstić information content (AvgIpc) is 2.48. The minimum atomic E-state index is -4.43. The summed E-state index contributed by atoms with van der Waals surface area (Å²) in [6.07, 6.45) is -1.50. The summed E-state index contributed by atoms with van der Waals surface area (Å²) in [5, 5.41) is 2.36. The summed E-state index contributed by atoms with van der Waals surface area (Å²) in [5.74, 6) is -0.264. The third-order valence-corrected chi connectivity index (χ3v) is 3.63. The summed E-state index contributed by atoms with van der Waals surface area (Å²) in [6, 6.07) is 5.79. The fraction of sp³-hybridized carbons (Fsp3) is 0.533. The van der Waals surface area contributed by atoms with Crippen LogP contribution in [0, 0.1) is 0 Å². The highest BCUT2D eigenvalue weighted by Crippen LogP contribution is 2.32. The highest BCUT2D eigenvalue weighted by molar-refractivity contribution is 5.78. The lowest BCUT2D eigenvalue weighted by molar-refractivity contribution is -0.159. The van der Waals surface area contributed by atoms with E-state index in [-0.39, 0.29) is 18.0 Å². The number of likely N-dealkylation sites (tertiary alicyclic amines) is 1. The Hall–Kier alpha value is -1.56. The molecule has 0 bridgehead atoms. The summed E-state index contributed by atoms with van der Waals surface area (Å²) in [5.41, 5.74) is 0.122. The molecule has 1 atom stereocenters. The quantitative estimate of drug-likeness (QED) is 0.927. The van der Waals surface area contributed by atoms with Gasteiger partial charge in [0.05, 0.1) is 6.54 Å². The summed E-state index contributed by atoms with van der Waals surface area (Å²) in [7, 11) is 0.